The third-order valence-corrected chi connectivity index (χ3v) is 4.75. The van der Waals surface area contributed by atoms with Crippen LogP contribution in [0.4, 0.5) is 25.1 Å². The highest BCUT2D eigenvalue weighted by Crippen LogP contribution is 2.40. The molecule has 0 bridgehead atoms. The summed E-state index contributed by atoms with van der Waals surface area (Å²) in [6.07, 6.45) is 3.38. The van der Waals surface area contributed by atoms with Crippen LogP contribution in [0.1, 0.15) is 12.5 Å². The molecule has 2 aromatic rings. The summed E-state index contributed by atoms with van der Waals surface area (Å²) in [5, 5.41) is 0.508. The number of rotatable bonds is 5. The number of anilines is 2. The van der Waals surface area contributed by atoms with Gasteiger partial charge in [0.1, 0.15) is 11.5 Å². The molecule has 10 heteroatoms. The molecule has 0 unspecified atom stereocenters. The van der Waals surface area contributed by atoms with Crippen molar-refractivity contribution in [2.24, 2.45) is 0 Å². The minimum atomic E-state index is -0.981. The lowest BCUT2D eigenvalue weighted by atomic mass is 10.1. The molecule has 0 saturated heterocycles. The van der Waals surface area contributed by atoms with Crippen LogP contribution in [0.3, 0.4) is 0 Å². The molecule has 0 N–H and O–H groups in total. The Morgan fingerprint density at radius 1 is 1.22 bits per heavy atom. The SMILES string of the molecule is CCN1C(=O)N(c2c(F)c(OC)cc(OC)c2F)Cc2cnc(SC)nc21. The van der Waals surface area contributed by atoms with E-state index < -0.39 is 23.4 Å². The number of hydrogen-bond acceptors (Lipinski definition) is 6. The average Bonchev–Trinajstić information content (AvgIpc) is 2.68. The van der Waals surface area contributed by atoms with Gasteiger partial charge in [-0.05, 0) is 13.2 Å². The van der Waals surface area contributed by atoms with E-state index >= 15 is 0 Å². The van der Waals surface area contributed by atoms with E-state index in [2.05, 4.69) is 9.97 Å². The zero-order valence-electron chi connectivity index (χ0n) is 15.2. The summed E-state index contributed by atoms with van der Waals surface area (Å²) in [5.74, 6) is -1.97. The summed E-state index contributed by atoms with van der Waals surface area (Å²) >= 11 is 1.34. The largest absolute Gasteiger partial charge is 0.493 e. The molecule has 1 aromatic heterocycles. The van der Waals surface area contributed by atoms with Gasteiger partial charge < -0.3 is 9.47 Å². The number of thioether (sulfide) groups is 1. The van der Waals surface area contributed by atoms with Gasteiger partial charge in [-0.2, -0.15) is 0 Å². The predicted octanol–water partition coefficient (Wildman–Crippen LogP) is 3.46. The Morgan fingerprint density at radius 2 is 1.85 bits per heavy atom. The molecule has 3 rings (SSSR count). The number of amides is 2. The average molecular weight is 396 g/mol. The van der Waals surface area contributed by atoms with E-state index in [4.69, 9.17) is 9.47 Å². The van der Waals surface area contributed by atoms with Crippen LogP contribution in [-0.2, 0) is 6.54 Å². The summed E-state index contributed by atoms with van der Waals surface area (Å²) in [6, 6.07) is 0.506. The van der Waals surface area contributed by atoms with E-state index in [1.54, 1.807) is 13.1 Å². The Balaban J connectivity index is 2.17. The molecule has 0 radical (unpaired) electrons. The highest BCUT2D eigenvalue weighted by molar-refractivity contribution is 7.98. The maximum atomic E-state index is 14.9. The number of ether oxygens (including phenoxy) is 2. The monoisotopic (exact) mass is 396 g/mol. The Kier molecular flexibility index (Phi) is 5.36. The first-order chi connectivity index (χ1) is 13.0. The lowest BCUT2D eigenvalue weighted by Crippen LogP contribution is -2.48. The molecule has 1 aromatic carbocycles. The second-order valence-corrected chi connectivity index (χ2v) is 6.35. The number of methoxy groups -OCH3 is 2. The first-order valence-electron chi connectivity index (χ1n) is 8.05. The molecule has 1 aliphatic heterocycles. The van der Waals surface area contributed by atoms with Crippen LogP contribution >= 0.6 is 11.8 Å². The van der Waals surface area contributed by atoms with Crippen molar-refractivity contribution >= 4 is 29.3 Å². The molecule has 144 valence electrons. The molecular weight excluding hydrogens is 378 g/mol. The summed E-state index contributed by atoms with van der Waals surface area (Å²) < 4.78 is 39.7. The normalized spacial score (nSPS) is 13.6. The van der Waals surface area contributed by atoms with Gasteiger partial charge in [-0.1, -0.05) is 11.8 Å². The minimum Gasteiger partial charge on any atom is -0.493 e. The molecule has 0 aliphatic carbocycles. The second kappa shape index (κ2) is 7.55. The zero-order valence-corrected chi connectivity index (χ0v) is 16.1. The number of carbonyl (C=O) groups excluding carboxylic acids is 1. The summed E-state index contributed by atoms with van der Waals surface area (Å²) in [4.78, 5) is 23.9. The lowest BCUT2D eigenvalue weighted by Gasteiger charge is -2.36. The minimum absolute atomic E-state index is 0.0799. The number of benzene rings is 1. The van der Waals surface area contributed by atoms with Crippen LogP contribution in [0.25, 0.3) is 0 Å². The number of urea groups is 1. The van der Waals surface area contributed by atoms with E-state index in [9.17, 15) is 13.6 Å². The van der Waals surface area contributed by atoms with Crippen molar-refractivity contribution < 1.29 is 23.0 Å². The molecule has 0 fully saturated rings. The zero-order chi connectivity index (χ0) is 19.7. The van der Waals surface area contributed by atoms with Crippen LogP contribution in [0.2, 0.25) is 0 Å². The fourth-order valence-corrected chi connectivity index (χ4v) is 3.21. The van der Waals surface area contributed by atoms with Gasteiger partial charge in [0.2, 0.25) is 0 Å². The number of nitrogens with zero attached hydrogens (tertiary/aromatic N) is 4. The van der Waals surface area contributed by atoms with Gasteiger partial charge >= 0.3 is 6.03 Å². The van der Waals surface area contributed by atoms with Crippen molar-refractivity contribution in [1.29, 1.82) is 0 Å². The number of halogens is 2. The third-order valence-electron chi connectivity index (χ3n) is 4.18. The molecule has 1 aliphatic rings. The number of aromatic nitrogens is 2. The van der Waals surface area contributed by atoms with E-state index in [0.29, 0.717) is 16.5 Å². The summed E-state index contributed by atoms with van der Waals surface area (Å²) in [6.45, 7) is 1.95. The smallest absolute Gasteiger partial charge is 0.330 e. The number of carbonyl (C=O) groups is 1. The van der Waals surface area contributed by atoms with Gasteiger partial charge in [0.05, 0.1) is 20.8 Å². The topological polar surface area (TPSA) is 67.8 Å². The van der Waals surface area contributed by atoms with Gasteiger partial charge in [0, 0.05) is 24.4 Å². The lowest BCUT2D eigenvalue weighted by molar-refractivity contribution is 0.249. The Morgan fingerprint density at radius 3 is 2.37 bits per heavy atom. The van der Waals surface area contributed by atoms with E-state index in [1.807, 2.05) is 6.26 Å². The highest BCUT2D eigenvalue weighted by atomic mass is 32.2. The maximum absolute atomic E-state index is 14.9. The van der Waals surface area contributed by atoms with Gasteiger partial charge in [0.15, 0.2) is 28.3 Å². The molecule has 27 heavy (non-hydrogen) atoms. The summed E-state index contributed by atoms with van der Waals surface area (Å²) in [7, 11) is 2.51. The highest BCUT2D eigenvalue weighted by Gasteiger charge is 2.36. The standard InChI is InChI=1S/C17H18F2N4O3S/c1-5-22-15-9(7-20-16(21-15)27-4)8-23(17(22)24)14-12(18)10(25-2)6-11(26-3)13(14)19/h6-7H,5,8H2,1-4H3. The first-order valence-corrected chi connectivity index (χ1v) is 9.28. The Labute approximate surface area is 159 Å². The molecular formula is C17H18F2N4O3S. The van der Waals surface area contributed by atoms with Crippen molar-refractivity contribution in [3.63, 3.8) is 0 Å². The van der Waals surface area contributed by atoms with Crippen LogP contribution in [-0.4, -0.2) is 43.0 Å². The number of hydrogen-bond donors (Lipinski definition) is 0. The molecule has 0 atom stereocenters. The second-order valence-electron chi connectivity index (χ2n) is 5.58. The van der Waals surface area contributed by atoms with E-state index in [0.717, 1.165) is 11.0 Å². The summed E-state index contributed by atoms with van der Waals surface area (Å²) in [5.41, 5.74) is 0.0454. The molecule has 0 saturated carbocycles. The number of fused-ring (bicyclic) bond motifs is 1. The third kappa shape index (κ3) is 3.14. The fraction of sp³-hybridized carbons (Fsp3) is 0.353. The van der Waals surface area contributed by atoms with Crippen LogP contribution in [0.5, 0.6) is 11.5 Å². The first kappa shape index (κ1) is 19.2. The van der Waals surface area contributed by atoms with Crippen LogP contribution < -0.4 is 19.3 Å². The maximum Gasteiger partial charge on any atom is 0.330 e. The van der Waals surface area contributed by atoms with Crippen molar-refractivity contribution in [2.45, 2.75) is 18.6 Å². The molecule has 2 amide bonds. The molecule has 0 spiro atoms. The fourth-order valence-electron chi connectivity index (χ4n) is 2.87. The molecule has 7 nitrogen and oxygen atoms in total. The predicted molar refractivity (Wildman–Crippen MR) is 97.9 cm³/mol. The van der Waals surface area contributed by atoms with Gasteiger partial charge in [0.25, 0.3) is 0 Å². The van der Waals surface area contributed by atoms with Crippen LogP contribution in [0.15, 0.2) is 17.4 Å². The Bertz CT molecular complexity index is 869. The Hall–Kier alpha value is -2.62. The quantitative estimate of drug-likeness (QED) is 0.570. The van der Waals surface area contributed by atoms with Crippen LogP contribution in [0, 0.1) is 11.6 Å². The van der Waals surface area contributed by atoms with Crippen molar-refractivity contribution in [2.75, 3.05) is 36.8 Å². The van der Waals surface area contributed by atoms with Gasteiger partial charge in [-0.25, -0.2) is 23.5 Å². The van der Waals surface area contributed by atoms with E-state index in [1.165, 1.54) is 30.9 Å². The van der Waals surface area contributed by atoms with E-state index in [-0.39, 0.29) is 24.6 Å². The van der Waals surface area contributed by atoms with Crippen molar-refractivity contribution in [1.82, 2.24) is 9.97 Å². The van der Waals surface area contributed by atoms with Gasteiger partial charge in [-0.3, -0.25) is 9.80 Å². The van der Waals surface area contributed by atoms with Crippen molar-refractivity contribution in [3.8, 4) is 11.5 Å². The van der Waals surface area contributed by atoms with Gasteiger partial charge in [-0.15, -0.1) is 0 Å². The molecule has 2 heterocycles. The van der Waals surface area contributed by atoms with Crippen molar-refractivity contribution in [3.05, 3.63) is 29.5 Å².